The fourth-order valence-corrected chi connectivity index (χ4v) is 3.46. The fraction of sp³-hybridized carbons (Fsp3) is 0.208. The SMILES string of the molecule is Cc1nn(Cc2cccc(F)c2)c(C)c1NC(=O)c1noc(C)c1COc1ccccc1F. The summed E-state index contributed by atoms with van der Waals surface area (Å²) in [5.74, 6) is -0.874. The van der Waals surface area contributed by atoms with Gasteiger partial charge in [0, 0.05) is 0 Å². The quantitative estimate of drug-likeness (QED) is 0.429. The van der Waals surface area contributed by atoms with Gasteiger partial charge >= 0.3 is 0 Å². The summed E-state index contributed by atoms with van der Waals surface area (Å²) in [5, 5.41) is 11.2. The van der Waals surface area contributed by atoms with E-state index in [9.17, 15) is 13.6 Å². The predicted octanol–water partition coefficient (Wildman–Crippen LogP) is 4.95. The van der Waals surface area contributed by atoms with E-state index in [0.29, 0.717) is 34.9 Å². The lowest BCUT2D eigenvalue weighted by atomic mass is 10.2. The Hall–Kier alpha value is -4.01. The molecular weight excluding hydrogens is 430 g/mol. The van der Waals surface area contributed by atoms with Crippen molar-refractivity contribution in [1.29, 1.82) is 0 Å². The number of para-hydroxylation sites is 1. The van der Waals surface area contributed by atoms with Crippen molar-refractivity contribution in [1.82, 2.24) is 14.9 Å². The van der Waals surface area contributed by atoms with Gasteiger partial charge in [-0.15, -0.1) is 0 Å². The van der Waals surface area contributed by atoms with Gasteiger partial charge in [0.05, 0.1) is 29.2 Å². The number of aryl methyl sites for hydroxylation is 2. The molecule has 33 heavy (non-hydrogen) atoms. The summed E-state index contributed by atoms with van der Waals surface area (Å²) < 4.78 is 39.8. The third-order valence-electron chi connectivity index (χ3n) is 5.25. The summed E-state index contributed by atoms with van der Waals surface area (Å²) in [6.45, 7) is 5.49. The molecule has 2 aromatic carbocycles. The molecule has 0 spiro atoms. The van der Waals surface area contributed by atoms with Crippen LogP contribution in [0.25, 0.3) is 0 Å². The van der Waals surface area contributed by atoms with Crippen LogP contribution in [0.5, 0.6) is 5.75 Å². The molecule has 7 nitrogen and oxygen atoms in total. The van der Waals surface area contributed by atoms with Crippen LogP contribution in [-0.2, 0) is 13.2 Å². The van der Waals surface area contributed by atoms with Crippen molar-refractivity contribution in [2.45, 2.75) is 33.9 Å². The van der Waals surface area contributed by atoms with Crippen molar-refractivity contribution in [3.8, 4) is 5.75 Å². The van der Waals surface area contributed by atoms with Crippen LogP contribution in [0, 0.1) is 32.4 Å². The number of anilines is 1. The minimum Gasteiger partial charge on any atom is -0.486 e. The lowest BCUT2D eigenvalue weighted by Gasteiger charge is -2.09. The second kappa shape index (κ2) is 9.23. The lowest BCUT2D eigenvalue weighted by Crippen LogP contribution is -2.16. The van der Waals surface area contributed by atoms with E-state index in [1.807, 2.05) is 6.92 Å². The first-order valence-corrected chi connectivity index (χ1v) is 10.3. The smallest absolute Gasteiger partial charge is 0.278 e. The van der Waals surface area contributed by atoms with E-state index in [2.05, 4.69) is 15.6 Å². The molecule has 0 saturated carbocycles. The molecule has 2 aromatic heterocycles. The number of hydrogen-bond donors (Lipinski definition) is 1. The zero-order valence-corrected chi connectivity index (χ0v) is 18.4. The molecule has 9 heteroatoms. The Morgan fingerprint density at radius 3 is 2.67 bits per heavy atom. The first kappa shape index (κ1) is 22.2. The summed E-state index contributed by atoms with van der Waals surface area (Å²) >= 11 is 0. The van der Waals surface area contributed by atoms with Crippen molar-refractivity contribution in [2.75, 3.05) is 5.32 Å². The number of carbonyl (C=O) groups excluding carboxylic acids is 1. The van der Waals surface area contributed by atoms with E-state index in [-0.39, 0.29) is 23.9 Å². The van der Waals surface area contributed by atoms with Gasteiger partial charge in [-0.25, -0.2) is 8.78 Å². The van der Waals surface area contributed by atoms with E-state index in [0.717, 1.165) is 5.56 Å². The highest BCUT2D eigenvalue weighted by atomic mass is 19.1. The molecule has 0 radical (unpaired) electrons. The van der Waals surface area contributed by atoms with Gasteiger partial charge in [0.15, 0.2) is 17.3 Å². The van der Waals surface area contributed by atoms with Crippen LogP contribution in [0.1, 0.15) is 38.8 Å². The number of ether oxygens (including phenoxy) is 1. The molecule has 0 bridgehead atoms. The topological polar surface area (TPSA) is 82.2 Å². The molecule has 0 aliphatic heterocycles. The van der Waals surface area contributed by atoms with Crippen molar-refractivity contribution in [3.05, 3.63) is 94.1 Å². The van der Waals surface area contributed by atoms with Crippen molar-refractivity contribution in [2.24, 2.45) is 0 Å². The van der Waals surface area contributed by atoms with Crippen molar-refractivity contribution >= 4 is 11.6 Å². The van der Waals surface area contributed by atoms with Crippen LogP contribution in [0.15, 0.2) is 53.1 Å². The maximum absolute atomic E-state index is 13.9. The Morgan fingerprint density at radius 1 is 1.12 bits per heavy atom. The number of amides is 1. The van der Waals surface area contributed by atoms with Gasteiger partial charge in [0.25, 0.3) is 5.91 Å². The monoisotopic (exact) mass is 452 g/mol. The molecule has 0 unspecified atom stereocenters. The van der Waals surface area contributed by atoms with Gasteiger partial charge < -0.3 is 14.6 Å². The summed E-state index contributed by atoms with van der Waals surface area (Å²) in [6.07, 6.45) is 0. The Balaban J connectivity index is 1.52. The summed E-state index contributed by atoms with van der Waals surface area (Å²) in [5.41, 5.74) is 3.03. The minimum atomic E-state index is -0.505. The molecule has 0 fully saturated rings. The zero-order chi connectivity index (χ0) is 23.5. The summed E-state index contributed by atoms with van der Waals surface area (Å²) in [7, 11) is 0. The van der Waals surface area contributed by atoms with Crippen LogP contribution in [0.2, 0.25) is 0 Å². The van der Waals surface area contributed by atoms with E-state index in [1.54, 1.807) is 42.8 Å². The second-order valence-electron chi connectivity index (χ2n) is 7.57. The molecule has 0 aliphatic rings. The lowest BCUT2D eigenvalue weighted by molar-refractivity contribution is 0.101. The molecule has 0 atom stereocenters. The zero-order valence-electron chi connectivity index (χ0n) is 18.4. The number of halogens is 2. The van der Waals surface area contributed by atoms with E-state index < -0.39 is 11.7 Å². The molecule has 2 heterocycles. The number of benzene rings is 2. The number of nitrogens with one attached hydrogen (secondary N) is 1. The molecule has 0 aliphatic carbocycles. The maximum atomic E-state index is 13.9. The standard InChI is InChI=1S/C24H22F2N4O3/c1-14-22(15(2)30(28-14)12-17-7-6-8-18(25)11-17)27-24(31)23-19(16(3)33-29-23)13-32-21-10-5-4-9-20(21)26/h4-11H,12-13H2,1-3H3,(H,27,31). The van der Waals surface area contributed by atoms with E-state index in [4.69, 9.17) is 9.26 Å². The maximum Gasteiger partial charge on any atom is 0.278 e. The Kier molecular flexibility index (Phi) is 6.21. The largest absolute Gasteiger partial charge is 0.486 e. The van der Waals surface area contributed by atoms with Gasteiger partial charge in [-0.1, -0.05) is 29.4 Å². The Morgan fingerprint density at radius 2 is 1.91 bits per heavy atom. The molecule has 170 valence electrons. The van der Waals surface area contributed by atoms with Crippen LogP contribution in [-0.4, -0.2) is 20.8 Å². The average Bonchev–Trinajstić information content (AvgIpc) is 3.27. The van der Waals surface area contributed by atoms with Gasteiger partial charge in [0.1, 0.15) is 18.2 Å². The second-order valence-corrected chi connectivity index (χ2v) is 7.57. The van der Waals surface area contributed by atoms with E-state index in [1.165, 1.54) is 24.3 Å². The number of carbonyl (C=O) groups is 1. The highest BCUT2D eigenvalue weighted by molar-refractivity contribution is 6.04. The van der Waals surface area contributed by atoms with Crippen LogP contribution in [0.4, 0.5) is 14.5 Å². The average molecular weight is 452 g/mol. The van der Waals surface area contributed by atoms with Gasteiger partial charge in [0.2, 0.25) is 0 Å². The molecule has 4 aromatic rings. The third kappa shape index (κ3) is 4.77. The van der Waals surface area contributed by atoms with E-state index >= 15 is 0 Å². The van der Waals surface area contributed by atoms with Gasteiger partial charge in [-0.05, 0) is 50.6 Å². The first-order chi connectivity index (χ1) is 15.8. The van der Waals surface area contributed by atoms with Gasteiger partial charge in [-0.3, -0.25) is 9.48 Å². The molecule has 1 amide bonds. The predicted molar refractivity (Wildman–Crippen MR) is 117 cm³/mol. The summed E-state index contributed by atoms with van der Waals surface area (Å²) in [6, 6.07) is 12.3. The molecule has 0 saturated heterocycles. The Labute approximate surface area is 189 Å². The van der Waals surface area contributed by atoms with Gasteiger partial charge in [-0.2, -0.15) is 5.10 Å². The third-order valence-corrected chi connectivity index (χ3v) is 5.25. The van der Waals surface area contributed by atoms with Crippen LogP contribution < -0.4 is 10.1 Å². The fourth-order valence-electron chi connectivity index (χ4n) is 3.46. The normalized spacial score (nSPS) is 10.9. The number of nitrogens with zero attached hydrogens (tertiary/aromatic N) is 3. The number of hydrogen-bond acceptors (Lipinski definition) is 5. The molecule has 1 N–H and O–H groups in total. The molecular formula is C24H22F2N4O3. The number of aromatic nitrogens is 3. The summed E-state index contributed by atoms with van der Waals surface area (Å²) in [4.78, 5) is 13.0. The van der Waals surface area contributed by atoms with Crippen LogP contribution in [0.3, 0.4) is 0 Å². The number of rotatable bonds is 7. The Bertz CT molecular complexity index is 1310. The van der Waals surface area contributed by atoms with Crippen LogP contribution >= 0.6 is 0 Å². The highest BCUT2D eigenvalue weighted by Crippen LogP contribution is 2.24. The minimum absolute atomic E-state index is 0.0421. The first-order valence-electron chi connectivity index (χ1n) is 10.3. The highest BCUT2D eigenvalue weighted by Gasteiger charge is 2.23. The van der Waals surface area contributed by atoms with Crippen molar-refractivity contribution < 1.29 is 22.8 Å². The molecule has 4 rings (SSSR count). The van der Waals surface area contributed by atoms with Crippen molar-refractivity contribution in [3.63, 3.8) is 0 Å².